The topological polar surface area (TPSA) is 72.5 Å². The highest BCUT2D eigenvalue weighted by Gasteiger charge is 2.13. The number of methoxy groups -OCH3 is 1. The van der Waals surface area contributed by atoms with Crippen LogP contribution in [-0.2, 0) is 25.3 Å². The molecule has 0 fully saturated rings. The van der Waals surface area contributed by atoms with Gasteiger partial charge in [-0.25, -0.2) is 17.5 Å². The molecule has 0 saturated carbocycles. The van der Waals surface area contributed by atoms with E-state index < -0.39 is 21.6 Å². The molecule has 5 nitrogen and oxygen atoms in total. The van der Waals surface area contributed by atoms with Crippen molar-refractivity contribution in [2.24, 2.45) is 0 Å². The van der Waals surface area contributed by atoms with Crippen LogP contribution in [0.1, 0.15) is 24.8 Å². The van der Waals surface area contributed by atoms with Crippen molar-refractivity contribution in [3.05, 3.63) is 35.6 Å². The van der Waals surface area contributed by atoms with Gasteiger partial charge >= 0.3 is 5.97 Å². The summed E-state index contributed by atoms with van der Waals surface area (Å²) in [6.07, 6.45) is 1.31. The van der Waals surface area contributed by atoms with E-state index in [0.29, 0.717) is 12.8 Å². The van der Waals surface area contributed by atoms with Crippen LogP contribution in [0, 0.1) is 5.82 Å². The Morgan fingerprint density at radius 2 is 2.00 bits per heavy atom. The van der Waals surface area contributed by atoms with E-state index in [1.54, 1.807) is 6.07 Å². The number of carbonyl (C=O) groups excluding carboxylic acids is 1. The van der Waals surface area contributed by atoms with Crippen LogP contribution in [0.3, 0.4) is 0 Å². The number of rotatable bonds is 8. The third-order valence-corrected chi connectivity index (χ3v) is 4.00. The molecule has 0 aliphatic rings. The zero-order chi connectivity index (χ0) is 15.0. The van der Waals surface area contributed by atoms with Crippen LogP contribution >= 0.6 is 0 Å². The highest BCUT2D eigenvalue weighted by atomic mass is 32.2. The largest absolute Gasteiger partial charge is 0.469 e. The van der Waals surface area contributed by atoms with Gasteiger partial charge in [-0.05, 0) is 18.9 Å². The summed E-state index contributed by atoms with van der Waals surface area (Å²) < 4.78 is 43.7. The average molecular weight is 303 g/mol. The molecule has 0 aliphatic heterocycles. The summed E-state index contributed by atoms with van der Waals surface area (Å²) in [6, 6.07) is 5.75. The summed E-state index contributed by atoms with van der Waals surface area (Å²) in [5.41, 5.74) is 0.134. The molecule has 0 unspecified atom stereocenters. The van der Waals surface area contributed by atoms with Crippen LogP contribution < -0.4 is 4.72 Å². The monoisotopic (exact) mass is 303 g/mol. The summed E-state index contributed by atoms with van der Waals surface area (Å²) in [4.78, 5) is 10.8. The highest BCUT2D eigenvalue weighted by Crippen LogP contribution is 2.10. The van der Waals surface area contributed by atoms with Crippen molar-refractivity contribution in [2.75, 3.05) is 13.7 Å². The van der Waals surface area contributed by atoms with Gasteiger partial charge in [-0.2, -0.15) is 0 Å². The molecular weight excluding hydrogens is 285 g/mol. The molecule has 0 aromatic heterocycles. The molecule has 112 valence electrons. The van der Waals surface area contributed by atoms with Gasteiger partial charge in [0.2, 0.25) is 10.0 Å². The van der Waals surface area contributed by atoms with Gasteiger partial charge in [0, 0.05) is 18.5 Å². The van der Waals surface area contributed by atoms with Gasteiger partial charge in [0.1, 0.15) is 5.82 Å². The van der Waals surface area contributed by atoms with Crippen LogP contribution in [-0.4, -0.2) is 28.0 Å². The zero-order valence-electron chi connectivity index (χ0n) is 11.3. The van der Waals surface area contributed by atoms with E-state index in [2.05, 4.69) is 9.46 Å². The first-order valence-corrected chi connectivity index (χ1v) is 7.87. The SMILES string of the molecule is COC(=O)CCCCNS(=O)(=O)Cc1ccccc1F. The first-order valence-electron chi connectivity index (χ1n) is 6.22. The van der Waals surface area contributed by atoms with E-state index in [1.807, 2.05) is 0 Å². The fraction of sp³-hybridized carbons (Fsp3) is 0.462. The number of hydrogen-bond acceptors (Lipinski definition) is 4. The molecule has 0 radical (unpaired) electrons. The normalized spacial score (nSPS) is 11.3. The Hall–Kier alpha value is -1.47. The summed E-state index contributed by atoms with van der Waals surface area (Å²) in [6.45, 7) is 0.216. The molecule has 20 heavy (non-hydrogen) atoms. The summed E-state index contributed by atoms with van der Waals surface area (Å²) >= 11 is 0. The Bertz CT molecular complexity index is 545. The molecule has 7 heteroatoms. The van der Waals surface area contributed by atoms with E-state index in [4.69, 9.17) is 0 Å². The predicted octanol–water partition coefficient (Wildman–Crippen LogP) is 1.59. The summed E-state index contributed by atoms with van der Waals surface area (Å²) in [5.74, 6) is -1.25. The average Bonchev–Trinajstić information content (AvgIpc) is 2.40. The smallest absolute Gasteiger partial charge is 0.305 e. The van der Waals surface area contributed by atoms with Gasteiger partial charge in [0.15, 0.2) is 0 Å². The molecule has 0 amide bonds. The first kappa shape index (κ1) is 16.6. The minimum Gasteiger partial charge on any atom is -0.469 e. The Morgan fingerprint density at radius 3 is 2.65 bits per heavy atom. The lowest BCUT2D eigenvalue weighted by molar-refractivity contribution is -0.140. The Labute approximate surface area is 118 Å². The summed E-state index contributed by atoms with van der Waals surface area (Å²) in [5, 5.41) is 0. The number of hydrogen-bond donors (Lipinski definition) is 1. The first-order chi connectivity index (χ1) is 9.44. The summed E-state index contributed by atoms with van der Waals surface area (Å²) in [7, 11) is -2.26. The zero-order valence-corrected chi connectivity index (χ0v) is 12.1. The molecule has 0 heterocycles. The number of carbonyl (C=O) groups is 1. The standard InChI is InChI=1S/C13H18FNO4S/c1-19-13(16)8-4-5-9-15-20(17,18)10-11-6-2-3-7-12(11)14/h2-3,6-7,15H,4-5,8-10H2,1H3. The minimum atomic E-state index is -3.57. The van der Waals surface area contributed by atoms with Crippen LogP contribution in [0.5, 0.6) is 0 Å². The number of sulfonamides is 1. The van der Waals surface area contributed by atoms with Crippen LogP contribution in [0.25, 0.3) is 0 Å². The third-order valence-electron chi connectivity index (χ3n) is 2.66. The van der Waals surface area contributed by atoms with Gasteiger partial charge in [0.25, 0.3) is 0 Å². The number of unbranched alkanes of at least 4 members (excludes halogenated alkanes) is 1. The number of benzene rings is 1. The minimum absolute atomic E-state index is 0.134. The molecule has 1 aromatic rings. The maximum Gasteiger partial charge on any atom is 0.305 e. The van der Waals surface area contributed by atoms with Crippen molar-refractivity contribution in [3.63, 3.8) is 0 Å². The second kappa shape index (κ2) is 7.96. The van der Waals surface area contributed by atoms with E-state index in [9.17, 15) is 17.6 Å². The molecule has 0 atom stereocenters. The van der Waals surface area contributed by atoms with E-state index in [1.165, 1.54) is 25.3 Å². The van der Waals surface area contributed by atoms with Crippen molar-refractivity contribution in [1.29, 1.82) is 0 Å². The molecule has 1 rings (SSSR count). The molecule has 1 aromatic carbocycles. The van der Waals surface area contributed by atoms with Crippen molar-refractivity contribution >= 4 is 16.0 Å². The maximum absolute atomic E-state index is 13.3. The fourth-order valence-electron chi connectivity index (χ4n) is 1.60. The van der Waals surface area contributed by atoms with Gasteiger partial charge in [-0.15, -0.1) is 0 Å². The second-order valence-electron chi connectivity index (χ2n) is 4.28. The number of halogens is 1. The van der Waals surface area contributed by atoms with Gasteiger partial charge in [-0.3, -0.25) is 4.79 Å². The molecule has 0 bridgehead atoms. The van der Waals surface area contributed by atoms with E-state index in [-0.39, 0.29) is 24.5 Å². The Balaban J connectivity index is 2.36. The van der Waals surface area contributed by atoms with Crippen molar-refractivity contribution < 1.29 is 22.3 Å². The van der Waals surface area contributed by atoms with Gasteiger partial charge < -0.3 is 4.74 Å². The van der Waals surface area contributed by atoms with Gasteiger partial charge in [0.05, 0.1) is 12.9 Å². The third kappa shape index (κ3) is 6.12. The van der Waals surface area contributed by atoms with Crippen molar-refractivity contribution in [1.82, 2.24) is 4.72 Å². The lowest BCUT2D eigenvalue weighted by Crippen LogP contribution is -2.26. The number of nitrogens with one attached hydrogen (secondary N) is 1. The quantitative estimate of drug-likeness (QED) is 0.585. The molecule has 0 spiro atoms. The lowest BCUT2D eigenvalue weighted by atomic mass is 10.2. The van der Waals surface area contributed by atoms with E-state index >= 15 is 0 Å². The molecule has 0 saturated heterocycles. The Kier molecular flexibility index (Phi) is 6.60. The molecule has 1 N–H and O–H groups in total. The van der Waals surface area contributed by atoms with Crippen molar-refractivity contribution in [3.8, 4) is 0 Å². The van der Waals surface area contributed by atoms with Crippen LogP contribution in [0.15, 0.2) is 24.3 Å². The van der Waals surface area contributed by atoms with Crippen molar-refractivity contribution in [2.45, 2.75) is 25.0 Å². The number of esters is 1. The number of ether oxygens (including phenoxy) is 1. The second-order valence-corrected chi connectivity index (χ2v) is 6.08. The molecular formula is C13H18FNO4S. The van der Waals surface area contributed by atoms with Gasteiger partial charge in [-0.1, -0.05) is 18.2 Å². The van der Waals surface area contributed by atoms with Crippen LogP contribution in [0.2, 0.25) is 0 Å². The molecule has 0 aliphatic carbocycles. The predicted molar refractivity (Wildman–Crippen MR) is 72.9 cm³/mol. The lowest BCUT2D eigenvalue weighted by Gasteiger charge is -2.07. The highest BCUT2D eigenvalue weighted by molar-refractivity contribution is 7.88. The Morgan fingerprint density at radius 1 is 1.30 bits per heavy atom. The fourth-order valence-corrected chi connectivity index (χ4v) is 2.80. The maximum atomic E-state index is 13.3. The van der Waals surface area contributed by atoms with Crippen LogP contribution in [0.4, 0.5) is 4.39 Å². The van der Waals surface area contributed by atoms with E-state index in [0.717, 1.165) is 0 Å².